The zero-order valence-corrected chi connectivity index (χ0v) is 13.0. The van der Waals surface area contributed by atoms with E-state index >= 15 is 0 Å². The van der Waals surface area contributed by atoms with Crippen molar-refractivity contribution >= 4 is 28.9 Å². The SMILES string of the molecule is Cc1csc(Sc2cc(NN)nc(C(C)(C)C)n2)n1. The number of anilines is 1. The Morgan fingerprint density at radius 3 is 2.53 bits per heavy atom. The van der Waals surface area contributed by atoms with Crippen LogP contribution in [0, 0.1) is 6.92 Å². The van der Waals surface area contributed by atoms with E-state index in [2.05, 4.69) is 41.1 Å². The van der Waals surface area contributed by atoms with Gasteiger partial charge in [0, 0.05) is 22.6 Å². The molecule has 3 N–H and O–H groups in total. The van der Waals surface area contributed by atoms with Crippen LogP contribution in [0.5, 0.6) is 0 Å². The van der Waals surface area contributed by atoms with Crippen molar-refractivity contribution in [1.82, 2.24) is 15.0 Å². The molecule has 0 spiro atoms. The fourth-order valence-corrected chi connectivity index (χ4v) is 3.14. The molecule has 0 aliphatic carbocycles. The van der Waals surface area contributed by atoms with Gasteiger partial charge in [0.25, 0.3) is 0 Å². The smallest absolute Gasteiger partial charge is 0.156 e. The second-order valence-electron chi connectivity index (χ2n) is 5.17. The average molecular weight is 295 g/mol. The summed E-state index contributed by atoms with van der Waals surface area (Å²) < 4.78 is 0.971. The topological polar surface area (TPSA) is 76.7 Å². The van der Waals surface area contributed by atoms with Gasteiger partial charge in [0.1, 0.15) is 16.7 Å². The van der Waals surface area contributed by atoms with Crippen LogP contribution in [-0.4, -0.2) is 15.0 Å². The summed E-state index contributed by atoms with van der Waals surface area (Å²) in [6.07, 6.45) is 0. The number of nitrogens with zero attached hydrogens (tertiary/aromatic N) is 3. The number of hydrogen-bond donors (Lipinski definition) is 2. The highest BCUT2D eigenvalue weighted by molar-refractivity contribution is 8.01. The summed E-state index contributed by atoms with van der Waals surface area (Å²) in [6.45, 7) is 8.20. The Morgan fingerprint density at radius 1 is 1.26 bits per heavy atom. The number of aromatic nitrogens is 3. The summed E-state index contributed by atoms with van der Waals surface area (Å²) in [4.78, 5) is 13.4. The standard InChI is InChI=1S/C12H17N5S2/c1-7-6-18-11(14-7)19-9-5-8(17-13)15-10(16-9)12(2,3)4/h5-6H,13H2,1-4H3,(H,15,16,17). The third kappa shape index (κ3) is 3.65. The molecule has 0 unspecified atom stereocenters. The maximum absolute atomic E-state index is 5.47. The molecule has 0 amide bonds. The predicted octanol–water partition coefficient (Wildman–Crippen LogP) is 2.98. The van der Waals surface area contributed by atoms with Crippen LogP contribution in [0.4, 0.5) is 5.82 Å². The number of thiazole rings is 1. The van der Waals surface area contributed by atoms with Gasteiger partial charge < -0.3 is 5.43 Å². The quantitative estimate of drug-likeness (QED) is 0.515. The molecule has 19 heavy (non-hydrogen) atoms. The van der Waals surface area contributed by atoms with Gasteiger partial charge in [0.2, 0.25) is 0 Å². The lowest BCUT2D eigenvalue weighted by molar-refractivity contribution is 0.539. The van der Waals surface area contributed by atoms with Gasteiger partial charge in [-0.2, -0.15) is 0 Å². The molecule has 2 aromatic heterocycles. The Bertz CT molecular complexity index is 574. The first-order chi connectivity index (χ1) is 8.88. The Balaban J connectivity index is 2.34. The lowest BCUT2D eigenvalue weighted by Crippen LogP contribution is -2.19. The number of nitrogens with two attached hydrogens (primary N) is 1. The summed E-state index contributed by atoms with van der Waals surface area (Å²) >= 11 is 3.14. The van der Waals surface area contributed by atoms with E-state index in [0.29, 0.717) is 5.82 Å². The molecule has 7 heteroatoms. The highest BCUT2D eigenvalue weighted by Gasteiger charge is 2.19. The fraction of sp³-hybridized carbons (Fsp3) is 0.417. The maximum atomic E-state index is 5.47. The van der Waals surface area contributed by atoms with Crippen molar-refractivity contribution in [3.05, 3.63) is 23.0 Å². The van der Waals surface area contributed by atoms with Crippen LogP contribution >= 0.6 is 23.1 Å². The average Bonchev–Trinajstić information content (AvgIpc) is 2.73. The molecule has 0 aromatic carbocycles. The summed E-state index contributed by atoms with van der Waals surface area (Å²) in [5, 5.41) is 2.87. The highest BCUT2D eigenvalue weighted by Crippen LogP contribution is 2.31. The summed E-state index contributed by atoms with van der Waals surface area (Å²) in [7, 11) is 0. The van der Waals surface area contributed by atoms with E-state index in [4.69, 9.17) is 5.84 Å². The third-order valence-electron chi connectivity index (χ3n) is 2.31. The van der Waals surface area contributed by atoms with Crippen molar-refractivity contribution in [2.75, 3.05) is 5.43 Å². The monoisotopic (exact) mass is 295 g/mol. The first-order valence-corrected chi connectivity index (χ1v) is 7.54. The van der Waals surface area contributed by atoms with E-state index in [0.717, 1.165) is 20.9 Å². The van der Waals surface area contributed by atoms with Crippen LogP contribution in [0.3, 0.4) is 0 Å². The van der Waals surface area contributed by atoms with Crippen molar-refractivity contribution in [2.45, 2.75) is 42.5 Å². The van der Waals surface area contributed by atoms with Crippen LogP contribution in [-0.2, 0) is 5.41 Å². The molecule has 0 aliphatic heterocycles. The predicted molar refractivity (Wildman–Crippen MR) is 79.5 cm³/mol. The van der Waals surface area contributed by atoms with Crippen LogP contribution in [0.15, 0.2) is 20.8 Å². The van der Waals surface area contributed by atoms with Crippen LogP contribution in [0.25, 0.3) is 0 Å². The van der Waals surface area contributed by atoms with Gasteiger partial charge in [-0.1, -0.05) is 20.8 Å². The Hall–Kier alpha value is -1.18. The molecule has 102 valence electrons. The molecule has 0 atom stereocenters. The van der Waals surface area contributed by atoms with E-state index in [1.807, 2.05) is 18.4 Å². The Kier molecular flexibility index (Phi) is 4.07. The van der Waals surface area contributed by atoms with E-state index in [-0.39, 0.29) is 5.41 Å². The molecule has 0 aliphatic rings. The molecule has 0 saturated carbocycles. The van der Waals surface area contributed by atoms with Crippen LogP contribution in [0.2, 0.25) is 0 Å². The number of aryl methyl sites for hydroxylation is 1. The third-order valence-corrected chi connectivity index (χ3v) is 4.29. The number of hydrazine groups is 1. The molecule has 0 bridgehead atoms. The second kappa shape index (κ2) is 5.44. The number of nitrogens with one attached hydrogen (secondary N) is 1. The molecule has 0 saturated heterocycles. The van der Waals surface area contributed by atoms with Crippen molar-refractivity contribution in [3.63, 3.8) is 0 Å². The molecule has 2 aromatic rings. The zero-order valence-electron chi connectivity index (χ0n) is 11.4. The summed E-state index contributed by atoms with van der Waals surface area (Å²) in [5.41, 5.74) is 3.49. The van der Waals surface area contributed by atoms with E-state index in [1.165, 1.54) is 11.8 Å². The molecular formula is C12H17N5S2. The minimum Gasteiger partial charge on any atom is -0.308 e. The van der Waals surface area contributed by atoms with Gasteiger partial charge in [0.05, 0.1) is 0 Å². The van der Waals surface area contributed by atoms with Gasteiger partial charge in [-0.25, -0.2) is 20.8 Å². The van der Waals surface area contributed by atoms with Crippen molar-refractivity contribution in [2.24, 2.45) is 5.84 Å². The van der Waals surface area contributed by atoms with Gasteiger partial charge in [-0.15, -0.1) is 11.3 Å². The van der Waals surface area contributed by atoms with Crippen molar-refractivity contribution in [1.29, 1.82) is 0 Å². The first-order valence-electron chi connectivity index (χ1n) is 5.84. The molecule has 0 radical (unpaired) electrons. The largest absolute Gasteiger partial charge is 0.308 e. The van der Waals surface area contributed by atoms with Gasteiger partial charge in [-0.3, -0.25) is 0 Å². The molecule has 2 heterocycles. The Morgan fingerprint density at radius 2 is 2.00 bits per heavy atom. The highest BCUT2D eigenvalue weighted by atomic mass is 32.2. The molecule has 2 rings (SSSR count). The minimum absolute atomic E-state index is 0.124. The van der Waals surface area contributed by atoms with Gasteiger partial charge >= 0.3 is 0 Å². The molecule has 0 fully saturated rings. The van der Waals surface area contributed by atoms with E-state index in [9.17, 15) is 0 Å². The number of hydrogen-bond acceptors (Lipinski definition) is 7. The summed E-state index contributed by atoms with van der Waals surface area (Å²) in [5.74, 6) is 6.85. The first kappa shape index (κ1) is 14.2. The maximum Gasteiger partial charge on any atom is 0.156 e. The minimum atomic E-state index is -0.124. The normalized spacial score (nSPS) is 11.6. The molecular weight excluding hydrogens is 278 g/mol. The fourth-order valence-electron chi connectivity index (χ4n) is 1.36. The zero-order chi connectivity index (χ0) is 14.0. The summed E-state index contributed by atoms with van der Waals surface area (Å²) in [6, 6.07) is 1.83. The lowest BCUT2D eigenvalue weighted by atomic mass is 9.96. The number of nitrogen functional groups attached to an aromatic ring is 1. The second-order valence-corrected chi connectivity index (χ2v) is 7.29. The molecule has 5 nitrogen and oxygen atoms in total. The number of rotatable bonds is 3. The van der Waals surface area contributed by atoms with Crippen LogP contribution < -0.4 is 11.3 Å². The van der Waals surface area contributed by atoms with Crippen molar-refractivity contribution < 1.29 is 0 Å². The van der Waals surface area contributed by atoms with Gasteiger partial charge in [0.15, 0.2) is 4.34 Å². The van der Waals surface area contributed by atoms with Gasteiger partial charge in [-0.05, 0) is 18.7 Å². The van der Waals surface area contributed by atoms with E-state index < -0.39 is 0 Å². The Labute approximate surface area is 121 Å². The van der Waals surface area contributed by atoms with E-state index in [1.54, 1.807) is 11.3 Å². The lowest BCUT2D eigenvalue weighted by Gasteiger charge is -2.17. The van der Waals surface area contributed by atoms with Crippen molar-refractivity contribution in [3.8, 4) is 0 Å². The van der Waals surface area contributed by atoms with Crippen LogP contribution in [0.1, 0.15) is 32.3 Å².